The van der Waals surface area contributed by atoms with Crippen molar-refractivity contribution >= 4 is 101 Å². The van der Waals surface area contributed by atoms with Crippen LogP contribution in [0.15, 0.2) is 30.0 Å². The van der Waals surface area contributed by atoms with Gasteiger partial charge in [-0.25, -0.2) is 0 Å². The van der Waals surface area contributed by atoms with E-state index in [2.05, 4.69) is 97.9 Å². The number of halogens is 5. The summed E-state index contributed by atoms with van der Waals surface area (Å²) in [5, 5.41) is 2.45. The maximum atomic E-state index is 3.63. The normalized spacial score (nSPS) is 13.4. The number of rotatable bonds is 0. The Labute approximate surface area is 140 Å². The Hall–Kier alpha value is 0.840. The Bertz CT molecular complexity index is 692. The van der Waals surface area contributed by atoms with Crippen LogP contribution in [0, 0.1) is 0 Å². The predicted molar refractivity (Wildman–Crippen MR) is 91.5 cm³/mol. The van der Waals surface area contributed by atoms with Crippen molar-refractivity contribution in [2.75, 3.05) is 0 Å². The first kappa shape index (κ1) is 12.9. The van der Waals surface area contributed by atoms with E-state index in [1.807, 2.05) is 0 Å². The Morgan fingerprint density at radius 3 is 1.88 bits per heavy atom. The highest BCUT2D eigenvalue weighted by Crippen LogP contribution is 2.50. The van der Waals surface area contributed by atoms with Gasteiger partial charge in [-0.05, 0) is 23.8 Å². The summed E-state index contributed by atoms with van der Waals surface area (Å²) in [6, 6.07) is 4.17. The lowest BCUT2D eigenvalue weighted by Gasteiger charge is -2.10. The summed E-state index contributed by atoms with van der Waals surface area (Å²) in [6.07, 6.45) is 2.14. The van der Waals surface area contributed by atoms with Crippen LogP contribution >= 0.6 is 79.6 Å². The molecule has 0 nitrogen and oxygen atoms in total. The van der Waals surface area contributed by atoms with Gasteiger partial charge < -0.3 is 0 Å². The maximum Gasteiger partial charge on any atom is 0.0276 e. The van der Waals surface area contributed by atoms with Crippen LogP contribution in [-0.2, 0) is 0 Å². The van der Waals surface area contributed by atoms with E-state index in [4.69, 9.17) is 0 Å². The molecule has 86 valence electrons. The molecule has 1 aliphatic carbocycles. The summed E-state index contributed by atoms with van der Waals surface area (Å²) in [5.41, 5.74) is 2.42. The molecular weight excluding hydrogens is 544 g/mol. The fourth-order valence-electron chi connectivity index (χ4n) is 2.08. The molecule has 1 aliphatic rings. The van der Waals surface area contributed by atoms with Crippen LogP contribution in [-0.4, -0.2) is 0 Å². The molecule has 0 radical (unpaired) electrons. The molecule has 0 saturated heterocycles. The van der Waals surface area contributed by atoms with E-state index in [0.717, 1.165) is 22.4 Å². The third-order valence-electron chi connectivity index (χ3n) is 2.76. The SMILES string of the molecule is BrC1=Cc2c(Br)cc(Br)c3c(Br)cc(Br)c1c23. The van der Waals surface area contributed by atoms with Gasteiger partial charge in [0.25, 0.3) is 0 Å². The molecular formula is C12H3Br5. The summed E-state index contributed by atoms with van der Waals surface area (Å²) < 4.78 is 5.45. The molecule has 0 amide bonds. The molecule has 2 aromatic carbocycles. The second kappa shape index (κ2) is 4.44. The van der Waals surface area contributed by atoms with Gasteiger partial charge in [0.2, 0.25) is 0 Å². The van der Waals surface area contributed by atoms with Crippen molar-refractivity contribution in [2.24, 2.45) is 0 Å². The van der Waals surface area contributed by atoms with Crippen molar-refractivity contribution in [1.29, 1.82) is 0 Å². The Kier molecular flexibility index (Phi) is 3.36. The molecule has 5 heteroatoms. The van der Waals surface area contributed by atoms with Gasteiger partial charge in [0, 0.05) is 38.7 Å². The van der Waals surface area contributed by atoms with Gasteiger partial charge in [-0.3, -0.25) is 0 Å². The van der Waals surface area contributed by atoms with Gasteiger partial charge in [0.15, 0.2) is 0 Å². The second-order valence-electron chi connectivity index (χ2n) is 3.71. The highest BCUT2D eigenvalue weighted by molar-refractivity contribution is 9.15. The molecule has 0 heterocycles. The van der Waals surface area contributed by atoms with Crippen LogP contribution in [0.2, 0.25) is 0 Å². The molecule has 0 bridgehead atoms. The van der Waals surface area contributed by atoms with Gasteiger partial charge in [-0.2, -0.15) is 0 Å². The zero-order valence-electron chi connectivity index (χ0n) is 8.12. The Balaban J connectivity index is 2.66. The van der Waals surface area contributed by atoms with Crippen molar-refractivity contribution in [3.63, 3.8) is 0 Å². The standard InChI is InChI=1S/C12H3Br5/c13-5-2-7(15)12-9(17)3-8(16)11-6(14)1-4(5)10(11)12/h1-3H. The van der Waals surface area contributed by atoms with Crippen LogP contribution in [0.5, 0.6) is 0 Å². The van der Waals surface area contributed by atoms with E-state index in [-0.39, 0.29) is 0 Å². The first-order valence-corrected chi connectivity index (χ1v) is 8.64. The minimum atomic E-state index is 1.08. The third-order valence-corrected chi connectivity index (χ3v) is 5.92. The Morgan fingerprint density at radius 1 is 0.647 bits per heavy atom. The zero-order chi connectivity index (χ0) is 12.3. The van der Waals surface area contributed by atoms with Gasteiger partial charge in [-0.1, -0.05) is 79.6 Å². The Morgan fingerprint density at radius 2 is 1.24 bits per heavy atom. The monoisotopic (exact) mass is 542 g/mol. The summed E-state index contributed by atoms with van der Waals surface area (Å²) in [6.45, 7) is 0. The van der Waals surface area contributed by atoms with E-state index in [9.17, 15) is 0 Å². The van der Waals surface area contributed by atoms with Crippen LogP contribution in [0.3, 0.4) is 0 Å². The largest absolute Gasteiger partial charge is 0.0501 e. The molecule has 0 unspecified atom stereocenters. The van der Waals surface area contributed by atoms with Crippen LogP contribution in [0.25, 0.3) is 21.3 Å². The first-order chi connectivity index (χ1) is 8.00. The molecule has 2 aromatic rings. The minimum Gasteiger partial charge on any atom is -0.0501 e. The molecule has 0 aliphatic heterocycles. The lowest BCUT2D eigenvalue weighted by molar-refractivity contribution is 1.59. The van der Waals surface area contributed by atoms with Crippen LogP contribution in [0.1, 0.15) is 11.1 Å². The molecule has 0 fully saturated rings. The molecule has 0 aromatic heterocycles. The highest BCUT2D eigenvalue weighted by Gasteiger charge is 2.23. The molecule has 0 spiro atoms. The highest BCUT2D eigenvalue weighted by atomic mass is 79.9. The number of hydrogen-bond acceptors (Lipinski definition) is 0. The summed E-state index contributed by atoms with van der Waals surface area (Å²) in [5.74, 6) is 0. The van der Waals surface area contributed by atoms with Crippen molar-refractivity contribution in [3.8, 4) is 0 Å². The average Bonchev–Trinajstić information content (AvgIpc) is 2.55. The fourth-order valence-corrected chi connectivity index (χ4v) is 6.33. The van der Waals surface area contributed by atoms with E-state index in [0.29, 0.717) is 0 Å². The van der Waals surface area contributed by atoms with Crippen molar-refractivity contribution < 1.29 is 0 Å². The van der Waals surface area contributed by atoms with Crippen molar-refractivity contribution in [2.45, 2.75) is 0 Å². The summed E-state index contributed by atoms with van der Waals surface area (Å²) in [7, 11) is 0. The second-order valence-corrected chi connectivity index (χ2v) is 7.98. The van der Waals surface area contributed by atoms with Crippen molar-refractivity contribution in [1.82, 2.24) is 0 Å². The average molecular weight is 547 g/mol. The molecule has 0 N–H and O–H groups in total. The molecule has 0 saturated carbocycles. The quantitative estimate of drug-likeness (QED) is 0.331. The third kappa shape index (κ3) is 1.84. The lowest BCUT2D eigenvalue weighted by atomic mass is 10.0. The van der Waals surface area contributed by atoms with E-state index in [1.165, 1.54) is 21.9 Å². The van der Waals surface area contributed by atoms with E-state index in [1.54, 1.807) is 0 Å². The smallest absolute Gasteiger partial charge is 0.0276 e. The van der Waals surface area contributed by atoms with Crippen molar-refractivity contribution in [3.05, 3.63) is 41.2 Å². The maximum absolute atomic E-state index is 3.63. The summed E-state index contributed by atoms with van der Waals surface area (Å²) >= 11 is 18.1. The lowest BCUT2D eigenvalue weighted by Crippen LogP contribution is -1.86. The number of benzene rings is 2. The number of hydrogen-bond donors (Lipinski definition) is 0. The van der Waals surface area contributed by atoms with E-state index >= 15 is 0 Å². The van der Waals surface area contributed by atoms with Crippen LogP contribution < -0.4 is 0 Å². The van der Waals surface area contributed by atoms with Crippen LogP contribution in [0.4, 0.5) is 0 Å². The van der Waals surface area contributed by atoms with Gasteiger partial charge in [0.05, 0.1) is 0 Å². The van der Waals surface area contributed by atoms with Gasteiger partial charge in [-0.15, -0.1) is 0 Å². The van der Waals surface area contributed by atoms with E-state index < -0.39 is 0 Å². The molecule has 17 heavy (non-hydrogen) atoms. The predicted octanol–water partition coefficient (Wildman–Crippen LogP) is 7.10. The first-order valence-electron chi connectivity index (χ1n) is 4.68. The van der Waals surface area contributed by atoms with Gasteiger partial charge >= 0.3 is 0 Å². The minimum absolute atomic E-state index is 1.08. The topological polar surface area (TPSA) is 0 Å². The fraction of sp³-hybridized carbons (Fsp3) is 0. The molecule has 0 atom stereocenters. The van der Waals surface area contributed by atoms with Gasteiger partial charge in [0.1, 0.15) is 0 Å². The zero-order valence-corrected chi connectivity index (χ0v) is 16.1. The molecule has 3 rings (SSSR count). The summed E-state index contributed by atoms with van der Waals surface area (Å²) in [4.78, 5) is 0.